The molecule has 0 radical (unpaired) electrons. The van der Waals surface area contributed by atoms with Crippen molar-refractivity contribution in [2.45, 2.75) is 44.7 Å². The van der Waals surface area contributed by atoms with Crippen molar-refractivity contribution in [3.8, 4) is 0 Å². The number of nitrogens with two attached hydrogens (primary N) is 1. The molecular formula is C18H29N3. The molecule has 3 nitrogen and oxygen atoms in total. The van der Waals surface area contributed by atoms with Crippen LogP contribution in [0.15, 0.2) is 24.3 Å². The molecule has 1 aromatic carbocycles. The topological polar surface area (TPSA) is 32.5 Å². The van der Waals surface area contributed by atoms with Gasteiger partial charge in [0, 0.05) is 44.8 Å². The molecule has 21 heavy (non-hydrogen) atoms. The number of benzene rings is 1. The normalized spacial score (nSPS) is 23.5. The van der Waals surface area contributed by atoms with Gasteiger partial charge in [-0.25, -0.2) is 0 Å². The largest absolute Gasteiger partial charge is 0.323 e. The summed E-state index contributed by atoms with van der Waals surface area (Å²) in [6.45, 7) is 7.96. The number of hydrogen-bond acceptors (Lipinski definition) is 3. The van der Waals surface area contributed by atoms with Gasteiger partial charge in [-0.05, 0) is 30.9 Å². The Balaban J connectivity index is 1.50. The van der Waals surface area contributed by atoms with E-state index < -0.39 is 0 Å². The minimum atomic E-state index is 0.143. The van der Waals surface area contributed by atoms with Gasteiger partial charge in [0.1, 0.15) is 0 Å². The van der Waals surface area contributed by atoms with Gasteiger partial charge in [-0.2, -0.15) is 0 Å². The number of hydrogen-bond donors (Lipinski definition) is 1. The van der Waals surface area contributed by atoms with Crippen LogP contribution in [0.4, 0.5) is 0 Å². The van der Waals surface area contributed by atoms with Crippen LogP contribution in [-0.2, 0) is 0 Å². The molecule has 2 fully saturated rings. The van der Waals surface area contributed by atoms with E-state index in [9.17, 15) is 0 Å². The fourth-order valence-corrected chi connectivity index (χ4v) is 3.96. The van der Waals surface area contributed by atoms with Crippen LogP contribution in [0.3, 0.4) is 0 Å². The van der Waals surface area contributed by atoms with Gasteiger partial charge in [0.05, 0.1) is 0 Å². The summed E-state index contributed by atoms with van der Waals surface area (Å²) in [5.74, 6) is 0. The minimum Gasteiger partial charge on any atom is -0.323 e. The number of rotatable bonds is 4. The molecule has 0 amide bonds. The molecule has 0 bridgehead atoms. The first kappa shape index (κ1) is 15.0. The van der Waals surface area contributed by atoms with Crippen molar-refractivity contribution in [1.82, 2.24) is 9.80 Å². The number of aryl methyl sites for hydroxylation is 1. The van der Waals surface area contributed by atoms with E-state index in [4.69, 9.17) is 5.73 Å². The summed E-state index contributed by atoms with van der Waals surface area (Å²) in [5.41, 5.74) is 9.04. The molecule has 1 saturated heterocycles. The summed E-state index contributed by atoms with van der Waals surface area (Å²) in [6, 6.07) is 9.54. The van der Waals surface area contributed by atoms with E-state index in [2.05, 4.69) is 41.0 Å². The summed E-state index contributed by atoms with van der Waals surface area (Å²) >= 11 is 0. The predicted octanol–water partition coefficient (Wildman–Crippen LogP) is 2.56. The van der Waals surface area contributed by atoms with Gasteiger partial charge < -0.3 is 5.73 Å². The van der Waals surface area contributed by atoms with E-state index in [0.717, 1.165) is 12.6 Å². The fourth-order valence-electron chi connectivity index (χ4n) is 3.96. The molecule has 1 heterocycles. The zero-order chi connectivity index (χ0) is 14.7. The van der Waals surface area contributed by atoms with E-state index in [-0.39, 0.29) is 6.04 Å². The lowest BCUT2D eigenvalue weighted by Gasteiger charge is -2.39. The molecule has 1 saturated carbocycles. The Labute approximate surface area is 129 Å². The summed E-state index contributed by atoms with van der Waals surface area (Å²) in [4.78, 5) is 5.26. The van der Waals surface area contributed by atoms with Crippen molar-refractivity contribution in [1.29, 1.82) is 0 Å². The summed E-state index contributed by atoms with van der Waals surface area (Å²) in [6.07, 6.45) is 5.71. The van der Waals surface area contributed by atoms with E-state index >= 15 is 0 Å². The molecule has 1 unspecified atom stereocenters. The highest BCUT2D eigenvalue weighted by Crippen LogP contribution is 2.24. The van der Waals surface area contributed by atoms with Crippen molar-refractivity contribution >= 4 is 0 Å². The van der Waals surface area contributed by atoms with Gasteiger partial charge in [0.15, 0.2) is 0 Å². The van der Waals surface area contributed by atoms with Crippen LogP contribution in [0.2, 0.25) is 0 Å². The molecule has 0 aromatic heterocycles. The van der Waals surface area contributed by atoms with Crippen LogP contribution in [0.1, 0.15) is 42.9 Å². The second kappa shape index (κ2) is 6.91. The molecule has 0 spiro atoms. The van der Waals surface area contributed by atoms with Gasteiger partial charge in [0.25, 0.3) is 0 Å². The van der Waals surface area contributed by atoms with Gasteiger partial charge in [-0.3, -0.25) is 9.80 Å². The number of piperazine rings is 1. The van der Waals surface area contributed by atoms with E-state index in [1.807, 2.05) is 0 Å². The Kier molecular flexibility index (Phi) is 4.94. The van der Waals surface area contributed by atoms with E-state index in [1.165, 1.54) is 63.0 Å². The molecule has 1 aromatic rings. The third-order valence-corrected chi connectivity index (χ3v) is 5.29. The zero-order valence-electron chi connectivity index (χ0n) is 13.3. The Hall–Kier alpha value is -0.900. The third kappa shape index (κ3) is 3.65. The third-order valence-electron chi connectivity index (χ3n) is 5.29. The van der Waals surface area contributed by atoms with Crippen molar-refractivity contribution in [3.05, 3.63) is 35.4 Å². The molecule has 2 N–H and O–H groups in total. The average Bonchev–Trinajstić information content (AvgIpc) is 3.02. The minimum absolute atomic E-state index is 0.143. The van der Waals surface area contributed by atoms with Crippen molar-refractivity contribution < 1.29 is 0 Å². The van der Waals surface area contributed by atoms with Crippen LogP contribution < -0.4 is 5.73 Å². The molecule has 1 aliphatic carbocycles. The summed E-state index contributed by atoms with van der Waals surface area (Å²) in [7, 11) is 0. The van der Waals surface area contributed by atoms with Crippen molar-refractivity contribution in [2.75, 3.05) is 32.7 Å². The molecule has 116 valence electrons. The lowest BCUT2D eigenvalue weighted by atomic mass is 10.0. The molecule has 2 aliphatic rings. The summed E-state index contributed by atoms with van der Waals surface area (Å²) < 4.78 is 0. The van der Waals surface area contributed by atoms with Gasteiger partial charge in [-0.1, -0.05) is 37.1 Å². The van der Waals surface area contributed by atoms with Crippen LogP contribution in [0.25, 0.3) is 0 Å². The van der Waals surface area contributed by atoms with Gasteiger partial charge >= 0.3 is 0 Å². The molecular weight excluding hydrogens is 258 g/mol. The van der Waals surface area contributed by atoms with E-state index in [1.54, 1.807) is 0 Å². The first-order chi connectivity index (χ1) is 10.2. The maximum Gasteiger partial charge on any atom is 0.0426 e. The molecule has 1 aliphatic heterocycles. The fraction of sp³-hybridized carbons (Fsp3) is 0.667. The second-order valence-electron chi connectivity index (χ2n) is 6.74. The van der Waals surface area contributed by atoms with Crippen molar-refractivity contribution in [3.63, 3.8) is 0 Å². The van der Waals surface area contributed by atoms with Crippen LogP contribution >= 0.6 is 0 Å². The Morgan fingerprint density at radius 3 is 2.43 bits per heavy atom. The monoisotopic (exact) mass is 287 g/mol. The van der Waals surface area contributed by atoms with Gasteiger partial charge in [0.2, 0.25) is 0 Å². The lowest BCUT2D eigenvalue weighted by molar-refractivity contribution is 0.0941. The first-order valence-electron chi connectivity index (χ1n) is 8.51. The molecule has 3 rings (SSSR count). The SMILES string of the molecule is Cc1ccccc1C(N)CN1CCN(C2CCCC2)CC1. The zero-order valence-corrected chi connectivity index (χ0v) is 13.3. The standard InChI is InChI=1S/C18H29N3/c1-15-6-2-5-9-17(15)18(19)14-20-10-12-21(13-11-20)16-7-3-4-8-16/h2,5-6,9,16,18H,3-4,7-8,10-14,19H2,1H3. The first-order valence-corrected chi connectivity index (χ1v) is 8.51. The summed E-state index contributed by atoms with van der Waals surface area (Å²) in [5, 5.41) is 0. The van der Waals surface area contributed by atoms with Crippen LogP contribution in [0.5, 0.6) is 0 Å². The lowest BCUT2D eigenvalue weighted by Crippen LogP contribution is -2.51. The highest BCUT2D eigenvalue weighted by Gasteiger charge is 2.26. The average molecular weight is 287 g/mol. The number of nitrogens with zero attached hydrogens (tertiary/aromatic N) is 2. The maximum absolute atomic E-state index is 6.43. The van der Waals surface area contributed by atoms with Crippen LogP contribution in [-0.4, -0.2) is 48.6 Å². The van der Waals surface area contributed by atoms with Gasteiger partial charge in [-0.15, -0.1) is 0 Å². The highest BCUT2D eigenvalue weighted by atomic mass is 15.3. The quantitative estimate of drug-likeness (QED) is 0.924. The Morgan fingerprint density at radius 2 is 1.76 bits per heavy atom. The predicted molar refractivity (Wildman–Crippen MR) is 88.4 cm³/mol. The molecule has 1 atom stereocenters. The smallest absolute Gasteiger partial charge is 0.0426 e. The Bertz CT molecular complexity index is 446. The maximum atomic E-state index is 6.43. The second-order valence-corrected chi connectivity index (χ2v) is 6.74. The van der Waals surface area contributed by atoms with E-state index in [0.29, 0.717) is 0 Å². The van der Waals surface area contributed by atoms with Crippen LogP contribution in [0, 0.1) is 6.92 Å². The van der Waals surface area contributed by atoms with Crippen molar-refractivity contribution in [2.24, 2.45) is 5.73 Å². The Morgan fingerprint density at radius 1 is 1.10 bits per heavy atom. The molecule has 3 heteroatoms. The highest BCUT2D eigenvalue weighted by molar-refractivity contribution is 5.28.